The van der Waals surface area contributed by atoms with Crippen LogP contribution in [0.5, 0.6) is 5.75 Å². The van der Waals surface area contributed by atoms with Gasteiger partial charge in [-0.1, -0.05) is 36.6 Å². The highest BCUT2D eigenvalue weighted by Crippen LogP contribution is 2.41. The molecule has 31 heavy (non-hydrogen) atoms. The number of benzene rings is 1. The summed E-state index contributed by atoms with van der Waals surface area (Å²) in [5, 5.41) is 3.70. The second kappa shape index (κ2) is 8.75. The fourth-order valence-electron chi connectivity index (χ4n) is 4.65. The molecule has 0 radical (unpaired) electrons. The van der Waals surface area contributed by atoms with Gasteiger partial charge < -0.3 is 19.5 Å². The van der Waals surface area contributed by atoms with E-state index in [0.29, 0.717) is 36.9 Å². The molecule has 0 bridgehead atoms. The Labute approximate surface area is 185 Å². The van der Waals surface area contributed by atoms with E-state index in [1.54, 1.807) is 15.7 Å². The monoisotopic (exact) mass is 443 g/mol. The molecule has 1 saturated carbocycles. The van der Waals surface area contributed by atoms with E-state index >= 15 is 0 Å². The van der Waals surface area contributed by atoms with Crippen molar-refractivity contribution in [2.45, 2.75) is 37.6 Å². The van der Waals surface area contributed by atoms with Gasteiger partial charge in [-0.25, -0.2) is 0 Å². The summed E-state index contributed by atoms with van der Waals surface area (Å²) in [5.74, 6) is 0.00740. The molecule has 1 N–H and O–H groups in total. The molecule has 7 nitrogen and oxygen atoms in total. The number of ether oxygens (including phenoxy) is 1. The first-order valence-corrected chi connectivity index (χ1v) is 10.9. The van der Waals surface area contributed by atoms with Gasteiger partial charge in [0.15, 0.2) is 5.75 Å². The van der Waals surface area contributed by atoms with Crippen LogP contribution in [0.2, 0.25) is 5.02 Å². The van der Waals surface area contributed by atoms with E-state index < -0.39 is 5.41 Å². The number of hydrogen-bond acceptors (Lipinski definition) is 4. The molecule has 2 heterocycles. The molecule has 2 aromatic rings. The Morgan fingerprint density at radius 1 is 1.16 bits per heavy atom. The Morgan fingerprint density at radius 3 is 2.55 bits per heavy atom. The molecule has 1 aromatic heterocycles. The summed E-state index contributed by atoms with van der Waals surface area (Å²) in [5.41, 5.74) is 0.482. The second-order valence-corrected chi connectivity index (χ2v) is 8.57. The zero-order valence-electron chi connectivity index (χ0n) is 17.5. The standard InChI is InChI=1S/C23H26ClN3O4/c1-31-20-15-27-13-12-26(21(29)18(27)14-19(20)28)11-10-25-22(30)23(8-2-3-9-23)16-4-6-17(24)7-5-16/h4-7,14-15H,2-3,8-13H2,1H3,(H,25,30). The topological polar surface area (TPSA) is 80.6 Å². The minimum atomic E-state index is -0.535. The van der Waals surface area contributed by atoms with E-state index in [1.807, 2.05) is 24.3 Å². The minimum Gasteiger partial charge on any atom is -0.491 e. The highest BCUT2D eigenvalue weighted by molar-refractivity contribution is 6.30. The smallest absolute Gasteiger partial charge is 0.270 e. The van der Waals surface area contributed by atoms with Crippen LogP contribution in [0, 0.1) is 0 Å². The van der Waals surface area contributed by atoms with Gasteiger partial charge in [-0.3, -0.25) is 14.4 Å². The zero-order chi connectivity index (χ0) is 22.0. The summed E-state index contributed by atoms with van der Waals surface area (Å²) in [7, 11) is 1.43. The van der Waals surface area contributed by atoms with Crippen molar-refractivity contribution in [1.82, 2.24) is 14.8 Å². The van der Waals surface area contributed by atoms with Crippen molar-refractivity contribution >= 4 is 23.4 Å². The Hall–Kier alpha value is -2.80. The SMILES string of the molecule is COc1cn2c(cc1=O)C(=O)N(CCNC(=O)C1(c3ccc(Cl)cc3)CCCC1)CC2. The van der Waals surface area contributed by atoms with E-state index in [0.717, 1.165) is 31.2 Å². The van der Waals surface area contributed by atoms with Crippen LogP contribution in [0.25, 0.3) is 0 Å². The van der Waals surface area contributed by atoms with Gasteiger partial charge in [-0.15, -0.1) is 0 Å². The highest BCUT2D eigenvalue weighted by Gasteiger charge is 2.42. The first-order chi connectivity index (χ1) is 14.9. The van der Waals surface area contributed by atoms with Crippen molar-refractivity contribution in [1.29, 1.82) is 0 Å². The number of nitrogens with one attached hydrogen (secondary N) is 1. The Kier molecular flexibility index (Phi) is 6.05. The number of halogens is 1. The summed E-state index contributed by atoms with van der Waals surface area (Å²) in [6, 6.07) is 8.84. The number of methoxy groups -OCH3 is 1. The summed E-state index contributed by atoms with van der Waals surface area (Å²) in [6.45, 7) is 1.83. The Bertz CT molecular complexity index is 1040. The van der Waals surface area contributed by atoms with Crippen LogP contribution in [0.15, 0.2) is 41.3 Å². The van der Waals surface area contributed by atoms with Crippen molar-refractivity contribution in [3.63, 3.8) is 0 Å². The summed E-state index contributed by atoms with van der Waals surface area (Å²) < 4.78 is 6.79. The molecule has 4 rings (SSSR count). The van der Waals surface area contributed by atoms with Gasteiger partial charge in [-0.2, -0.15) is 0 Å². The maximum atomic E-state index is 13.2. The van der Waals surface area contributed by atoms with Gasteiger partial charge >= 0.3 is 0 Å². The molecule has 1 aliphatic heterocycles. The first-order valence-electron chi connectivity index (χ1n) is 10.6. The molecule has 2 aliphatic rings. The quantitative estimate of drug-likeness (QED) is 0.744. The third-order valence-electron chi connectivity index (χ3n) is 6.39. The van der Waals surface area contributed by atoms with Crippen molar-refractivity contribution in [3.05, 3.63) is 63.0 Å². The lowest BCUT2D eigenvalue weighted by molar-refractivity contribution is -0.126. The van der Waals surface area contributed by atoms with Crippen LogP contribution >= 0.6 is 11.6 Å². The van der Waals surface area contributed by atoms with Crippen LogP contribution in [-0.2, 0) is 16.8 Å². The predicted octanol–water partition coefficient (Wildman–Crippen LogP) is 2.59. The molecule has 1 aromatic carbocycles. The summed E-state index contributed by atoms with van der Waals surface area (Å²) in [4.78, 5) is 39.7. The van der Waals surface area contributed by atoms with E-state index in [2.05, 4.69) is 5.32 Å². The van der Waals surface area contributed by atoms with Gasteiger partial charge in [0, 0.05) is 37.3 Å². The molecular formula is C23H26ClN3O4. The molecule has 0 unspecified atom stereocenters. The molecular weight excluding hydrogens is 418 g/mol. The van der Waals surface area contributed by atoms with Crippen molar-refractivity contribution in [3.8, 4) is 5.75 Å². The van der Waals surface area contributed by atoms with Crippen LogP contribution in [0.3, 0.4) is 0 Å². The van der Waals surface area contributed by atoms with Gasteiger partial charge in [0.2, 0.25) is 11.3 Å². The largest absolute Gasteiger partial charge is 0.491 e. The average Bonchev–Trinajstić information content (AvgIpc) is 3.27. The molecule has 164 valence electrons. The van der Waals surface area contributed by atoms with Gasteiger partial charge in [0.1, 0.15) is 5.69 Å². The van der Waals surface area contributed by atoms with E-state index in [4.69, 9.17) is 16.3 Å². The van der Waals surface area contributed by atoms with E-state index in [-0.39, 0.29) is 23.0 Å². The Balaban J connectivity index is 1.41. The number of amides is 2. The number of rotatable bonds is 6. The van der Waals surface area contributed by atoms with Crippen molar-refractivity contribution < 1.29 is 14.3 Å². The molecule has 0 atom stereocenters. The van der Waals surface area contributed by atoms with Crippen molar-refractivity contribution in [2.24, 2.45) is 0 Å². The molecule has 1 aliphatic carbocycles. The van der Waals surface area contributed by atoms with E-state index in [1.165, 1.54) is 13.2 Å². The highest BCUT2D eigenvalue weighted by atomic mass is 35.5. The lowest BCUT2D eigenvalue weighted by Crippen LogP contribution is -2.48. The van der Waals surface area contributed by atoms with Gasteiger partial charge in [0.05, 0.1) is 18.7 Å². The first kappa shape index (κ1) is 21.4. The number of carbonyl (C=O) groups is 2. The second-order valence-electron chi connectivity index (χ2n) is 8.13. The number of carbonyl (C=O) groups excluding carboxylic acids is 2. The van der Waals surface area contributed by atoms with Crippen LogP contribution < -0.4 is 15.5 Å². The molecule has 2 amide bonds. The number of pyridine rings is 1. The summed E-state index contributed by atoms with van der Waals surface area (Å²) >= 11 is 6.02. The van der Waals surface area contributed by atoms with Crippen LogP contribution in [0.1, 0.15) is 41.7 Å². The molecule has 8 heteroatoms. The lowest BCUT2D eigenvalue weighted by atomic mass is 9.78. The predicted molar refractivity (Wildman–Crippen MR) is 118 cm³/mol. The molecule has 1 fully saturated rings. The fourth-order valence-corrected chi connectivity index (χ4v) is 4.78. The average molecular weight is 444 g/mol. The van der Waals surface area contributed by atoms with E-state index in [9.17, 15) is 14.4 Å². The van der Waals surface area contributed by atoms with Crippen LogP contribution in [-0.4, -0.2) is 48.0 Å². The maximum Gasteiger partial charge on any atom is 0.270 e. The Morgan fingerprint density at radius 2 is 1.87 bits per heavy atom. The number of hydrogen-bond donors (Lipinski definition) is 1. The number of nitrogens with zero attached hydrogens (tertiary/aromatic N) is 2. The minimum absolute atomic E-state index is 0.00173. The van der Waals surface area contributed by atoms with Crippen molar-refractivity contribution in [2.75, 3.05) is 26.7 Å². The normalized spacial score (nSPS) is 17.4. The van der Waals surface area contributed by atoms with Crippen LogP contribution in [0.4, 0.5) is 0 Å². The molecule has 0 saturated heterocycles. The zero-order valence-corrected chi connectivity index (χ0v) is 18.3. The lowest BCUT2D eigenvalue weighted by Gasteiger charge is -2.31. The molecule has 0 spiro atoms. The fraction of sp³-hybridized carbons (Fsp3) is 0.435. The van der Waals surface area contributed by atoms with Gasteiger partial charge in [-0.05, 0) is 30.5 Å². The summed E-state index contributed by atoms with van der Waals surface area (Å²) in [6.07, 6.45) is 5.21. The van der Waals surface area contributed by atoms with Gasteiger partial charge in [0.25, 0.3) is 5.91 Å². The maximum absolute atomic E-state index is 13.2. The number of fused-ring (bicyclic) bond motifs is 1. The number of aromatic nitrogens is 1. The third-order valence-corrected chi connectivity index (χ3v) is 6.64. The third kappa shape index (κ3) is 4.06.